The van der Waals surface area contributed by atoms with E-state index >= 15 is 4.39 Å². The van der Waals surface area contributed by atoms with Gasteiger partial charge in [0.2, 0.25) is 10.0 Å². The fraction of sp³-hybridized carbons (Fsp3) is 0.424. The lowest BCUT2D eigenvalue weighted by Crippen LogP contribution is -2.48. The largest absolute Gasteiger partial charge is 0.495 e. The molecular weight excluding hydrogens is 673 g/mol. The van der Waals surface area contributed by atoms with E-state index in [4.69, 9.17) is 32.9 Å². The number of ether oxygens (including phenoxy) is 1. The predicted octanol–water partition coefficient (Wildman–Crippen LogP) is 7.45. The molecule has 0 aromatic heterocycles. The van der Waals surface area contributed by atoms with Crippen LogP contribution in [0.3, 0.4) is 0 Å². The summed E-state index contributed by atoms with van der Waals surface area (Å²) in [5.74, 6) is -0.423. The van der Waals surface area contributed by atoms with Crippen LogP contribution in [0.4, 0.5) is 14.5 Å². The Hall–Kier alpha value is -2.41. The highest BCUT2D eigenvalue weighted by Gasteiger charge is 2.42. The molecule has 46 heavy (non-hydrogen) atoms. The van der Waals surface area contributed by atoms with Gasteiger partial charge in [-0.05, 0) is 54.1 Å². The lowest BCUT2D eigenvalue weighted by atomic mass is 9.77. The molecule has 0 aliphatic carbocycles. The van der Waals surface area contributed by atoms with Gasteiger partial charge in [-0.25, -0.2) is 21.5 Å². The van der Waals surface area contributed by atoms with Crippen molar-refractivity contribution in [3.63, 3.8) is 0 Å². The summed E-state index contributed by atoms with van der Waals surface area (Å²) >= 11 is 14.1. The smallest absolute Gasteiger partial charge is 0.242 e. The SMILES string of the molecule is COc1cc(C(C)(C)C2CN=C(SCc3c(F)cc(S(=O)(=O)N(C)CCC[N+](C)(C)C)cc3Cl)N2c2ccc(F)cc2)ccc1Cl. The van der Waals surface area contributed by atoms with E-state index in [9.17, 15) is 12.8 Å². The van der Waals surface area contributed by atoms with Crippen LogP contribution in [0.5, 0.6) is 5.75 Å². The summed E-state index contributed by atoms with van der Waals surface area (Å²) < 4.78 is 63.3. The van der Waals surface area contributed by atoms with Crippen LogP contribution in [0.2, 0.25) is 10.0 Å². The van der Waals surface area contributed by atoms with Crippen LogP contribution in [0, 0.1) is 11.6 Å². The fourth-order valence-corrected chi connectivity index (χ4v) is 8.30. The van der Waals surface area contributed by atoms with E-state index in [-0.39, 0.29) is 33.1 Å². The van der Waals surface area contributed by atoms with Crippen molar-refractivity contribution in [2.24, 2.45) is 4.99 Å². The number of rotatable bonds is 12. The molecule has 0 bridgehead atoms. The fourth-order valence-electron chi connectivity index (χ4n) is 5.34. The Labute approximate surface area is 285 Å². The Balaban J connectivity index is 1.58. The molecule has 0 saturated heterocycles. The first-order chi connectivity index (χ1) is 21.5. The Morgan fingerprint density at radius 1 is 1.07 bits per heavy atom. The maximum atomic E-state index is 15.5. The molecule has 1 heterocycles. The van der Waals surface area contributed by atoms with Crippen LogP contribution in [0.15, 0.2) is 64.5 Å². The third-order valence-electron chi connectivity index (χ3n) is 8.22. The molecule has 0 radical (unpaired) electrons. The molecule has 13 heteroatoms. The minimum atomic E-state index is -3.94. The van der Waals surface area contributed by atoms with E-state index in [0.29, 0.717) is 39.9 Å². The number of aliphatic imine (C=N–C) groups is 1. The number of anilines is 1. The summed E-state index contributed by atoms with van der Waals surface area (Å²) in [7, 11) is 5.22. The summed E-state index contributed by atoms with van der Waals surface area (Å²) in [4.78, 5) is 6.67. The number of amidine groups is 1. The van der Waals surface area contributed by atoms with Gasteiger partial charge < -0.3 is 14.1 Å². The standard InChI is InChI=1S/C33H41Cl2F2N4O3S2/c1-33(2,22-9-14-27(34)30(17-22)44-7)31-20-38-32(40(31)24-12-10-23(36)11-13-24)45-21-26-28(35)18-25(19-29(26)37)46(42,43)39(3)15-8-16-41(4,5)6/h9-14,17-19,31H,8,15-16,20-21H2,1-7H3/q+1. The summed E-state index contributed by atoms with van der Waals surface area (Å²) in [6.45, 7) is 5.69. The number of benzene rings is 3. The second kappa shape index (κ2) is 14.4. The predicted molar refractivity (Wildman–Crippen MR) is 186 cm³/mol. The van der Waals surface area contributed by atoms with E-state index in [1.54, 1.807) is 25.3 Å². The topological polar surface area (TPSA) is 62.2 Å². The number of quaternary nitrogens is 1. The Morgan fingerprint density at radius 3 is 2.35 bits per heavy atom. The van der Waals surface area contributed by atoms with E-state index in [1.807, 2.05) is 38.2 Å². The molecular formula is C33H41Cl2F2N4O3S2+. The highest BCUT2D eigenvalue weighted by atomic mass is 35.5. The molecule has 3 aromatic carbocycles. The average Bonchev–Trinajstić information content (AvgIpc) is 3.41. The lowest BCUT2D eigenvalue weighted by Gasteiger charge is -2.39. The number of halogens is 4. The first-order valence-corrected chi connectivity index (χ1v) is 17.9. The van der Waals surface area contributed by atoms with Crippen molar-refractivity contribution in [2.75, 3.05) is 59.8 Å². The van der Waals surface area contributed by atoms with Gasteiger partial charge in [-0.1, -0.05) is 54.9 Å². The van der Waals surface area contributed by atoms with Gasteiger partial charge in [0.25, 0.3) is 0 Å². The van der Waals surface area contributed by atoms with Crippen LogP contribution >= 0.6 is 35.0 Å². The molecule has 0 N–H and O–H groups in total. The number of sulfonamides is 1. The molecule has 1 atom stereocenters. The molecule has 7 nitrogen and oxygen atoms in total. The maximum Gasteiger partial charge on any atom is 0.242 e. The van der Waals surface area contributed by atoms with Crippen LogP contribution in [-0.2, 0) is 21.2 Å². The summed E-state index contributed by atoms with van der Waals surface area (Å²) in [5.41, 5.74) is 1.39. The molecule has 1 unspecified atom stereocenters. The van der Waals surface area contributed by atoms with Gasteiger partial charge in [-0.2, -0.15) is 0 Å². The van der Waals surface area contributed by atoms with Crippen LogP contribution in [0.1, 0.15) is 31.4 Å². The number of hydrogen-bond donors (Lipinski definition) is 0. The maximum absolute atomic E-state index is 15.5. The van der Waals surface area contributed by atoms with E-state index in [0.717, 1.165) is 23.9 Å². The van der Waals surface area contributed by atoms with Crippen molar-refractivity contribution in [3.8, 4) is 5.75 Å². The summed E-state index contributed by atoms with van der Waals surface area (Å²) in [6, 6.07) is 13.9. The van der Waals surface area contributed by atoms with E-state index in [1.165, 1.54) is 41.3 Å². The zero-order valence-electron chi connectivity index (χ0n) is 27.2. The van der Waals surface area contributed by atoms with Crippen molar-refractivity contribution in [3.05, 3.63) is 87.4 Å². The molecule has 250 valence electrons. The van der Waals surface area contributed by atoms with E-state index in [2.05, 4.69) is 13.8 Å². The van der Waals surface area contributed by atoms with Crippen molar-refractivity contribution in [2.45, 2.75) is 42.4 Å². The quantitative estimate of drug-likeness (QED) is 0.183. The van der Waals surface area contributed by atoms with E-state index < -0.39 is 21.3 Å². The van der Waals surface area contributed by atoms with Gasteiger partial charge in [0.1, 0.15) is 17.4 Å². The molecule has 0 spiro atoms. The first kappa shape index (κ1) is 36.4. The molecule has 4 rings (SSSR count). The normalized spacial score (nSPS) is 15.9. The van der Waals surface area contributed by atoms with Crippen molar-refractivity contribution in [1.82, 2.24) is 4.31 Å². The molecule has 3 aromatic rings. The van der Waals surface area contributed by atoms with Crippen molar-refractivity contribution in [1.29, 1.82) is 0 Å². The molecule has 0 fully saturated rings. The number of hydrogen-bond acceptors (Lipinski definition) is 6. The van der Waals surface area contributed by atoms with Crippen LogP contribution in [-0.4, -0.2) is 83.4 Å². The monoisotopic (exact) mass is 713 g/mol. The highest BCUT2D eigenvalue weighted by molar-refractivity contribution is 8.13. The zero-order valence-corrected chi connectivity index (χ0v) is 30.3. The van der Waals surface area contributed by atoms with Gasteiger partial charge in [-0.15, -0.1) is 0 Å². The number of thioether (sulfide) groups is 1. The first-order valence-electron chi connectivity index (χ1n) is 14.8. The Morgan fingerprint density at radius 2 is 1.74 bits per heavy atom. The lowest BCUT2D eigenvalue weighted by molar-refractivity contribution is -0.870. The van der Waals surface area contributed by atoms with Crippen molar-refractivity contribution < 1.29 is 26.4 Å². The van der Waals surface area contributed by atoms with Crippen LogP contribution < -0.4 is 9.64 Å². The molecule has 0 amide bonds. The zero-order chi connectivity index (χ0) is 34.0. The van der Waals surface area contributed by atoms with Gasteiger partial charge in [-0.3, -0.25) is 4.99 Å². The summed E-state index contributed by atoms with van der Waals surface area (Å²) in [6.07, 6.45) is 0.653. The summed E-state index contributed by atoms with van der Waals surface area (Å²) in [5, 5.41) is 1.12. The van der Waals surface area contributed by atoms with Gasteiger partial charge in [0.15, 0.2) is 5.17 Å². The van der Waals surface area contributed by atoms with Gasteiger partial charge >= 0.3 is 0 Å². The molecule has 1 aliphatic rings. The second-order valence-corrected chi connectivity index (χ2v) is 16.7. The third kappa shape index (κ3) is 8.17. The molecule has 0 saturated carbocycles. The third-order valence-corrected chi connectivity index (χ3v) is 11.7. The minimum absolute atomic E-state index is 0.0166. The number of nitrogens with zero attached hydrogens (tertiary/aromatic N) is 4. The van der Waals surface area contributed by atoms with Gasteiger partial charge in [0.05, 0.1) is 57.3 Å². The number of methoxy groups -OCH3 is 1. The molecule has 1 aliphatic heterocycles. The van der Waals surface area contributed by atoms with Gasteiger partial charge in [0, 0.05) is 47.5 Å². The van der Waals surface area contributed by atoms with Crippen LogP contribution in [0.25, 0.3) is 0 Å². The second-order valence-electron chi connectivity index (χ2n) is 12.9. The highest BCUT2D eigenvalue weighted by Crippen LogP contribution is 2.41. The minimum Gasteiger partial charge on any atom is -0.495 e. The Kier molecular flexibility index (Phi) is 11.4. The average molecular weight is 715 g/mol. The van der Waals surface area contributed by atoms with Crippen molar-refractivity contribution >= 4 is 55.8 Å². The Bertz CT molecular complexity index is 1670.